The molecule has 7 heteroatoms. The number of nitrogens with zero attached hydrogens (tertiary/aromatic N) is 4. The summed E-state index contributed by atoms with van der Waals surface area (Å²) in [6, 6.07) is 17.6. The van der Waals surface area contributed by atoms with Crippen molar-refractivity contribution in [2.75, 3.05) is 22.9 Å². The number of non-ortho nitro benzene ring substituents is 1. The van der Waals surface area contributed by atoms with Gasteiger partial charge in [-0.25, -0.2) is 0 Å². The number of hydrogen-bond acceptors (Lipinski definition) is 5. The molecule has 0 unspecified atom stereocenters. The van der Waals surface area contributed by atoms with Gasteiger partial charge in [-0.3, -0.25) is 19.9 Å². The van der Waals surface area contributed by atoms with Crippen molar-refractivity contribution in [3.05, 3.63) is 94.3 Å². The molecular weight excluding hydrogens is 368 g/mol. The highest BCUT2D eigenvalue weighted by molar-refractivity contribution is 6.08. The van der Waals surface area contributed by atoms with Crippen LogP contribution in [0.2, 0.25) is 0 Å². The second kappa shape index (κ2) is 8.10. The number of nitro benzene ring substituents is 1. The lowest BCUT2D eigenvalue weighted by atomic mass is 10.1. The molecule has 0 spiro atoms. The number of aromatic nitrogens is 1. The van der Waals surface area contributed by atoms with Crippen molar-refractivity contribution in [2.24, 2.45) is 0 Å². The molecule has 3 aromatic rings. The van der Waals surface area contributed by atoms with E-state index in [4.69, 9.17) is 0 Å². The van der Waals surface area contributed by atoms with Crippen molar-refractivity contribution in [3.8, 4) is 0 Å². The average molecular weight is 388 g/mol. The first-order chi connectivity index (χ1) is 14.1. The third kappa shape index (κ3) is 3.94. The van der Waals surface area contributed by atoms with Crippen LogP contribution in [0.25, 0.3) is 0 Å². The van der Waals surface area contributed by atoms with Crippen molar-refractivity contribution in [2.45, 2.75) is 13.0 Å². The second-order valence-electron chi connectivity index (χ2n) is 6.89. The molecule has 0 atom stereocenters. The zero-order valence-corrected chi connectivity index (χ0v) is 15.8. The number of rotatable bonds is 4. The monoisotopic (exact) mass is 388 g/mol. The van der Waals surface area contributed by atoms with Crippen LogP contribution in [0.5, 0.6) is 0 Å². The van der Waals surface area contributed by atoms with Gasteiger partial charge >= 0.3 is 0 Å². The summed E-state index contributed by atoms with van der Waals surface area (Å²) in [4.78, 5) is 31.8. The number of nitro groups is 1. The van der Waals surface area contributed by atoms with E-state index in [1.54, 1.807) is 11.1 Å². The molecule has 0 saturated carbocycles. The summed E-state index contributed by atoms with van der Waals surface area (Å²) in [6.45, 7) is 2.11. The van der Waals surface area contributed by atoms with E-state index in [0.29, 0.717) is 18.7 Å². The van der Waals surface area contributed by atoms with Crippen LogP contribution >= 0.6 is 0 Å². The standard InChI is InChI=1S/C22H20N4O3/c27-22(18-8-10-19(11-9-18)26(28)29)25-14-4-13-24(16-17-5-3-12-23-15-17)20-6-1-2-7-21(20)25/h1-3,5-12,15H,4,13-14,16H2. The van der Waals surface area contributed by atoms with Crippen LogP contribution in [0.1, 0.15) is 22.3 Å². The minimum atomic E-state index is -0.466. The molecule has 1 amide bonds. The molecule has 146 valence electrons. The number of amides is 1. The van der Waals surface area contributed by atoms with Gasteiger partial charge in [0.25, 0.3) is 11.6 Å². The minimum Gasteiger partial charge on any atom is -0.365 e. The molecule has 2 aromatic carbocycles. The Labute approximate surface area is 168 Å². The fraction of sp³-hybridized carbons (Fsp3) is 0.182. The largest absolute Gasteiger partial charge is 0.365 e. The van der Waals surface area contributed by atoms with Crippen molar-refractivity contribution in [1.82, 2.24) is 4.98 Å². The van der Waals surface area contributed by atoms with E-state index >= 15 is 0 Å². The van der Waals surface area contributed by atoms with Gasteiger partial charge in [-0.15, -0.1) is 0 Å². The van der Waals surface area contributed by atoms with Gasteiger partial charge in [-0.05, 0) is 42.3 Å². The molecule has 1 aromatic heterocycles. The Hall–Kier alpha value is -3.74. The Bertz CT molecular complexity index is 1020. The Morgan fingerprint density at radius 1 is 1.00 bits per heavy atom. The van der Waals surface area contributed by atoms with Crippen molar-refractivity contribution < 1.29 is 9.72 Å². The summed E-state index contributed by atoms with van der Waals surface area (Å²) >= 11 is 0. The van der Waals surface area contributed by atoms with Gasteiger partial charge in [0.1, 0.15) is 0 Å². The van der Waals surface area contributed by atoms with Gasteiger partial charge in [-0.1, -0.05) is 18.2 Å². The number of carbonyl (C=O) groups excluding carboxylic acids is 1. The number of carbonyl (C=O) groups is 1. The molecule has 1 aliphatic heterocycles. The van der Waals surface area contributed by atoms with Gasteiger partial charge < -0.3 is 9.80 Å². The van der Waals surface area contributed by atoms with Gasteiger partial charge in [0.05, 0.1) is 16.3 Å². The lowest BCUT2D eigenvalue weighted by Crippen LogP contribution is -2.31. The van der Waals surface area contributed by atoms with Crippen LogP contribution in [0.3, 0.4) is 0 Å². The van der Waals surface area contributed by atoms with E-state index in [2.05, 4.69) is 9.88 Å². The third-order valence-electron chi connectivity index (χ3n) is 4.99. The van der Waals surface area contributed by atoms with E-state index < -0.39 is 4.92 Å². The molecule has 0 fully saturated rings. The molecule has 0 radical (unpaired) electrons. The highest BCUT2D eigenvalue weighted by atomic mass is 16.6. The first-order valence-corrected chi connectivity index (χ1v) is 9.43. The molecule has 4 rings (SSSR count). The number of para-hydroxylation sites is 2. The van der Waals surface area contributed by atoms with Gasteiger partial charge in [-0.2, -0.15) is 0 Å². The maximum Gasteiger partial charge on any atom is 0.269 e. The maximum atomic E-state index is 13.2. The number of pyridine rings is 1. The Morgan fingerprint density at radius 2 is 1.76 bits per heavy atom. The molecular formula is C22H20N4O3. The summed E-state index contributed by atoms with van der Waals surface area (Å²) in [5.74, 6) is -0.157. The van der Waals surface area contributed by atoms with E-state index in [0.717, 1.165) is 29.9 Å². The quantitative estimate of drug-likeness (QED) is 0.498. The zero-order valence-electron chi connectivity index (χ0n) is 15.8. The molecule has 1 aliphatic rings. The molecule has 0 saturated heterocycles. The number of fused-ring (bicyclic) bond motifs is 1. The average Bonchev–Trinajstić information content (AvgIpc) is 2.94. The summed E-state index contributed by atoms with van der Waals surface area (Å²) in [6.07, 6.45) is 4.42. The molecule has 2 heterocycles. The second-order valence-corrected chi connectivity index (χ2v) is 6.89. The fourth-order valence-electron chi connectivity index (χ4n) is 3.59. The normalized spacial score (nSPS) is 13.5. The van der Waals surface area contributed by atoms with Crippen LogP contribution < -0.4 is 9.80 Å². The van der Waals surface area contributed by atoms with Crippen molar-refractivity contribution in [3.63, 3.8) is 0 Å². The van der Waals surface area contributed by atoms with E-state index in [1.807, 2.05) is 42.6 Å². The summed E-state index contributed by atoms with van der Waals surface area (Å²) in [5, 5.41) is 10.9. The van der Waals surface area contributed by atoms with Crippen LogP contribution in [-0.2, 0) is 6.54 Å². The van der Waals surface area contributed by atoms with E-state index in [-0.39, 0.29) is 11.6 Å². The summed E-state index contributed by atoms with van der Waals surface area (Å²) in [7, 11) is 0. The van der Waals surface area contributed by atoms with Gasteiger partial charge in [0, 0.05) is 49.7 Å². The topological polar surface area (TPSA) is 79.6 Å². The summed E-state index contributed by atoms with van der Waals surface area (Å²) < 4.78 is 0. The Balaban J connectivity index is 1.64. The van der Waals surface area contributed by atoms with E-state index in [9.17, 15) is 14.9 Å². The zero-order chi connectivity index (χ0) is 20.2. The van der Waals surface area contributed by atoms with Crippen LogP contribution in [0, 0.1) is 10.1 Å². The summed E-state index contributed by atoms with van der Waals surface area (Å²) in [5.41, 5.74) is 3.35. The van der Waals surface area contributed by atoms with Crippen molar-refractivity contribution >= 4 is 23.0 Å². The maximum absolute atomic E-state index is 13.2. The Kier molecular flexibility index (Phi) is 5.20. The van der Waals surface area contributed by atoms with Crippen LogP contribution in [0.4, 0.5) is 17.1 Å². The lowest BCUT2D eigenvalue weighted by Gasteiger charge is -2.26. The number of benzene rings is 2. The van der Waals surface area contributed by atoms with E-state index in [1.165, 1.54) is 24.3 Å². The Morgan fingerprint density at radius 3 is 2.45 bits per heavy atom. The fourth-order valence-corrected chi connectivity index (χ4v) is 3.59. The molecule has 0 aliphatic carbocycles. The predicted octanol–water partition coefficient (Wildman–Crippen LogP) is 4.05. The number of hydrogen-bond donors (Lipinski definition) is 0. The highest BCUT2D eigenvalue weighted by Gasteiger charge is 2.25. The predicted molar refractivity (Wildman–Crippen MR) is 111 cm³/mol. The van der Waals surface area contributed by atoms with Gasteiger partial charge in [0.2, 0.25) is 0 Å². The molecule has 0 bridgehead atoms. The first-order valence-electron chi connectivity index (χ1n) is 9.43. The third-order valence-corrected chi connectivity index (χ3v) is 4.99. The smallest absolute Gasteiger partial charge is 0.269 e. The minimum absolute atomic E-state index is 0.0273. The molecule has 7 nitrogen and oxygen atoms in total. The van der Waals surface area contributed by atoms with Gasteiger partial charge in [0.15, 0.2) is 0 Å². The highest BCUT2D eigenvalue weighted by Crippen LogP contribution is 2.34. The lowest BCUT2D eigenvalue weighted by molar-refractivity contribution is -0.384. The first kappa shape index (κ1) is 18.6. The molecule has 29 heavy (non-hydrogen) atoms. The van der Waals surface area contributed by atoms with Crippen LogP contribution in [0.15, 0.2) is 73.1 Å². The molecule has 0 N–H and O–H groups in total. The van der Waals surface area contributed by atoms with Crippen LogP contribution in [-0.4, -0.2) is 28.9 Å². The number of anilines is 2. The van der Waals surface area contributed by atoms with Crippen molar-refractivity contribution in [1.29, 1.82) is 0 Å². The SMILES string of the molecule is O=C(c1ccc([N+](=O)[O-])cc1)N1CCCN(Cc2cccnc2)c2ccccc21.